The SMILES string of the molecule is COc1ccc(NC(=S)NC(=O)c2cccc(Cl)c2Cl)cc1Br. The largest absolute Gasteiger partial charge is 0.496 e. The molecule has 0 saturated heterocycles. The molecule has 0 fully saturated rings. The molecule has 0 aromatic heterocycles. The van der Waals surface area contributed by atoms with E-state index in [0.29, 0.717) is 16.5 Å². The summed E-state index contributed by atoms with van der Waals surface area (Å²) >= 11 is 20.4. The van der Waals surface area contributed by atoms with Crippen LogP contribution in [-0.2, 0) is 0 Å². The Morgan fingerprint density at radius 3 is 2.65 bits per heavy atom. The maximum atomic E-state index is 12.2. The molecule has 2 aromatic carbocycles. The van der Waals surface area contributed by atoms with E-state index >= 15 is 0 Å². The van der Waals surface area contributed by atoms with Crippen molar-refractivity contribution in [3.05, 3.63) is 56.5 Å². The van der Waals surface area contributed by atoms with Crippen molar-refractivity contribution in [3.63, 3.8) is 0 Å². The van der Waals surface area contributed by atoms with Crippen LogP contribution in [-0.4, -0.2) is 18.1 Å². The maximum Gasteiger partial charge on any atom is 0.258 e. The monoisotopic (exact) mass is 432 g/mol. The average Bonchev–Trinajstić information content (AvgIpc) is 2.50. The highest BCUT2D eigenvalue weighted by atomic mass is 79.9. The van der Waals surface area contributed by atoms with Crippen LogP contribution in [0.5, 0.6) is 5.75 Å². The Kier molecular flexibility index (Phi) is 6.24. The van der Waals surface area contributed by atoms with Gasteiger partial charge in [-0.1, -0.05) is 29.3 Å². The van der Waals surface area contributed by atoms with Crippen molar-refractivity contribution < 1.29 is 9.53 Å². The highest BCUT2D eigenvalue weighted by Gasteiger charge is 2.14. The molecule has 0 heterocycles. The minimum atomic E-state index is -0.442. The van der Waals surface area contributed by atoms with Crippen LogP contribution in [0.25, 0.3) is 0 Å². The Labute approximate surface area is 157 Å². The van der Waals surface area contributed by atoms with E-state index < -0.39 is 5.91 Å². The maximum absolute atomic E-state index is 12.2. The number of amides is 1. The molecule has 0 saturated carbocycles. The Morgan fingerprint density at radius 2 is 2.00 bits per heavy atom. The quantitative estimate of drug-likeness (QED) is 0.676. The van der Waals surface area contributed by atoms with E-state index in [9.17, 15) is 4.79 Å². The standard InChI is InChI=1S/C15H11BrCl2N2O2S/c1-22-12-6-5-8(7-10(12)16)19-15(23)20-14(21)9-3-2-4-11(17)13(9)18/h2-7H,1H3,(H2,19,20,21,23). The summed E-state index contributed by atoms with van der Waals surface area (Å²) in [6.45, 7) is 0. The van der Waals surface area contributed by atoms with Gasteiger partial charge in [-0.2, -0.15) is 0 Å². The van der Waals surface area contributed by atoms with E-state index in [-0.39, 0.29) is 15.7 Å². The lowest BCUT2D eigenvalue weighted by molar-refractivity contribution is 0.0978. The van der Waals surface area contributed by atoms with Crippen LogP contribution >= 0.6 is 51.3 Å². The second-order valence-electron chi connectivity index (χ2n) is 4.36. The number of rotatable bonds is 3. The number of hydrogen-bond acceptors (Lipinski definition) is 3. The molecule has 120 valence electrons. The van der Waals surface area contributed by atoms with Gasteiger partial charge in [-0.05, 0) is 58.5 Å². The van der Waals surface area contributed by atoms with Crippen LogP contribution in [0.3, 0.4) is 0 Å². The third-order valence-corrected chi connectivity index (χ3v) is 4.48. The van der Waals surface area contributed by atoms with Gasteiger partial charge in [-0.15, -0.1) is 0 Å². The molecule has 2 rings (SSSR count). The summed E-state index contributed by atoms with van der Waals surface area (Å²) in [5, 5.41) is 6.09. The van der Waals surface area contributed by atoms with Gasteiger partial charge in [0.2, 0.25) is 0 Å². The molecule has 23 heavy (non-hydrogen) atoms. The number of methoxy groups -OCH3 is 1. The number of hydrogen-bond donors (Lipinski definition) is 2. The van der Waals surface area contributed by atoms with Crippen LogP contribution in [0.2, 0.25) is 10.0 Å². The number of halogens is 3. The van der Waals surface area contributed by atoms with Gasteiger partial charge >= 0.3 is 0 Å². The van der Waals surface area contributed by atoms with Gasteiger partial charge in [0.05, 0.1) is 27.2 Å². The zero-order valence-corrected chi connectivity index (χ0v) is 15.7. The van der Waals surface area contributed by atoms with Crippen molar-refractivity contribution in [2.24, 2.45) is 0 Å². The molecule has 0 atom stereocenters. The van der Waals surface area contributed by atoms with Crippen molar-refractivity contribution in [3.8, 4) is 5.75 Å². The molecule has 0 aliphatic carbocycles. The van der Waals surface area contributed by atoms with E-state index in [1.807, 2.05) is 0 Å². The summed E-state index contributed by atoms with van der Waals surface area (Å²) < 4.78 is 5.91. The number of nitrogens with one attached hydrogen (secondary N) is 2. The lowest BCUT2D eigenvalue weighted by atomic mass is 10.2. The molecule has 0 unspecified atom stereocenters. The number of thiocarbonyl (C=S) groups is 1. The first-order valence-electron chi connectivity index (χ1n) is 6.32. The van der Waals surface area contributed by atoms with Gasteiger partial charge in [0, 0.05) is 5.69 Å². The van der Waals surface area contributed by atoms with Gasteiger partial charge in [0.15, 0.2) is 5.11 Å². The summed E-state index contributed by atoms with van der Waals surface area (Å²) in [7, 11) is 1.58. The minimum Gasteiger partial charge on any atom is -0.496 e. The Morgan fingerprint density at radius 1 is 1.26 bits per heavy atom. The first-order valence-corrected chi connectivity index (χ1v) is 8.28. The summed E-state index contributed by atoms with van der Waals surface area (Å²) in [6.07, 6.45) is 0. The molecule has 1 amide bonds. The van der Waals surface area contributed by atoms with E-state index in [4.69, 9.17) is 40.2 Å². The third kappa shape index (κ3) is 4.57. The normalized spacial score (nSPS) is 10.1. The number of carbonyl (C=O) groups excluding carboxylic acids is 1. The number of ether oxygens (including phenoxy) is 1. The molecule has 0 aliphatic heterocycles. The second-order valence-corrected chi connectivity index (χ2v) is 6.41. The lowest BCUT2D eigenvalue weighted by Crippen LogP contribution is -2.34. The lowest BCUT2D eigenvalue weighted by Gasteiger charge is -2.12. The van der Waals surface area contributed by atoms with Crippen LogP contribution in [0.4, 0.5) is 5.69 Å². The van der Waals surface area contributed by atoms with E-state index in [1.54, 1.807) is 43.5 Å². The smallest absolute Gasteiger partial charge is 0.258 e. The van der Waals surface area contributed by atoms with Gasteiger partial charge in [-0.3, -0.25) is 10.1 Å². The highest BCUT2D eigenvalue weighted by Crippen LogP contribution is 2.28. The molecule has 0 radical (unpaired) electrons. The third-order valence-electron chi connectivity index (χ3n) is 2.83. The van der Waals surface area contributed by atoms with E-state index in [1.165, 1.54) is 0 Å². The minimum absolute atomic E-state index is 0.142. The molecule has 8 heteroatoms. The van der Waals surface area contributed by atoms with Crippen molar-refractivity contribution in [1.29, 1.82) is 0 Å². The van der Waals surface area contributed by atoms with Crippen molar-refractivity contribution in [2.45, 2.75) is 0 Å². The summed E-state index contributed by atoms with van der Waals surface area (Å²) in [5.74, 6) is 0.249. The van der Waals surface area contributed by atoms with Crippen LogP contribution in [0.1, 0.15) is 10.4 Å². The summed E-state index contributed by atoms with van der Waals surface area (Å²) in [5.41, 5.74) is 0.944. The molecule has 0 spiro atoms. The highest BCUT2D eigenvalue weighted by molar-refractivity contribution is 9.10. The predicted octanol–water partition coefficient (Wildman–Crippen LogP) is 4.89. The van der Waals surface area contributed by atoms with Crippen molar-refractivity contribution >= 4 is 68.1 Å². The zero-order chi connectivity index (χ0) is 17.0. The van der Waals surface area contributed by atoms with Gasteiger partial charge in [0.1, 0.15) is 5.75 Å². The fourth-order valence-electron chi connectivity index (χ4n) is 1.76. The van der Waals surface area contributed by atoms with E-state index in [0.717, 1.165) is 4.47 Å². The first-order chi connectivity index (χ1) is 10.9. The van der Waals surface area contributed by atoms with Gasteiger partial charge in [-0.25, -0.2) is 0 Å². The Bertz CT molecular complexity index is 771. The molecule has 4 nitrogen and oxygen atoms in total. The van der Waals surface area contributed by atoms with Crippen LogP contribution < -0.4 is 15.4 Å². The van der Waals surface area contributed by atoms with E-state index in [2.05, 4.69) is 26.6 Å². The predicted molar refractivity (Wildman–Crippen MR) is 101 cm³/mol. The van der Waals surface area contributed by atoms with Crippen molar-refractivity contribution in [2.75, 3.05) is 12.4 Å². The molecule has 0 bridgehead atoms. The summed E-state index contributed by atoms with van der Waals surface area (Å²) in [4.78, 5) is 12.2. The number of anilines is 1. The fraction of sp³-hybridized carbons (Fsp3) is 0.0667. The topological polar surface area (TPSA) is 50.4 Å². The number of carbonyl (C=O) groups is 1. The average molecular weight is 434 g/mol. The number of benzene rings is 2. The van der Waals surface area contributed by atoms with Crippen LogP contribution in [0.15, 0.2) is 40.9 Å². The fourth-order valence-corrected chi connectivity index (χ4v) is 2.89. The molecule has 2 aromatic rings. The molecular weight excluding hydrogens is 423 g/mol. The molecule has 0 aliphatic rings. The zero-order valence-electron chi connectivity index (χ0n) is 11.8. The van der Waals surface area contributed by atoms with Crippen molar-refractivity contribution in [1.82, 2.24) is 5.32 Å². The Hall–Kier alpha value is -1.34. The van der Waals surface area contributed by atoms with Gasteiger partial charge in [0.25, 0.3) is 5.91 Å². The van der Waals surface area contributed by atoms with Crippen LogP contribution in [0, 0.1) is 0 Å². The first kappa shape index (κ1) is 18.0. The van der Waals surface area contributed by atoms with Gasteiger partial charge < -0.3 is 10.1 Å². The summed E-state index contributed by atoms with van der Waals surface area (Å²) in [6, 6.07) is 10.1. The second kappa shape index (κ2) is 7.97. The Balaban J connectivity index is 2.06. The molecule has 2 N–H and O–H groups in total. The molecular formula is C15H11BrCl2N2O2S.